The Hall–Kier alpha value is -3.59. The molecule has 0 bridgehead atoms. The molecule has 2 N–H and O–H groups in total. The number of para-hydroxylation sites is 1. The summed E-state index contributed by atoms with van der Waals surface area (Å²) in [7, 11) is 0. The first-order valence-electron chi connectivity index (χ1n) is 8.55. The number of aromatic nitrogens is 1. The number of rotatable bonds is 2. The fourth-order valence-corrected chi connectivity index (χ4v) is 3.42. The molecule has 4 aromatic carbocycles. The van der Waals surface area contributed by atoms with Gasteiger partial charge in [-0.05, 0) is 47.9 Å². The Labute approximate surface area is 150 Å². The minimum Gasteiger partial charge on any atom is -0.508 e. The zero-order valence-corrected chi connectivity index (χ0v) is 14.0. The van der Waals surface area contributed by atoms with E-state index in [2.05, 4.69) is 41.7 Å². The molecule has 0 spiro atoms. The summed E-state index contributed by atoms with van der Waals surface area (Å²) in [6.45, 7) is 0. The molecule has 0 aliphatic heterocycles. The molecule has 0 aliphatic rings. The van der Waals surface area contributed by atoms with E-state index in [0.29, 0.717) is 0 Å². The van der Waals surface area contributed by atoms with Gasteiger partial charge in [0, 0.05) is 27.5 Å². The van der Waals surface area contributed by atoms with Crippen LogP contribution in [0.1, 0.15) is 0 Å². The molecule has 0 saturated heterocycles. The topological polar surface area (TPSA) is 45.1 Å². The number of phenolic OH excluding ortho intramolecular Hbond substituents is 1. The van der Waals surface area contributed by atoms with E-state index in [1.165, 1.54) is 0 Å². The maximum absolute atomic E-state index is 9.50. The fraction of sp³-hybridized carbons (Fsp3) is 0. The van der Waals surface area contributed by atoms with E-state index in [1.54, 1.807) is 12.1 Å². The standard InChI is InChI=1S/C23H16N2O/c26-19-12-10-18(11-13-19)24-21-7-3-5-15-8-9-17-14-16-4-1-2-6-20(16)25-23(17)22(15)21/h1-14,24,26H. The van der Waals surface area contributed by atoms with Crippen LogP contribution in [-0.4, -0.2) is 10.1 Å². The molecule has 124 valence electrons. The van der Waals surface area contributed by atoms with Crippen molar-refractivity contribution in [2.75, 3.05) is 5.32 Å². The second-order valence-corrected chi connectivity index (χ2v) is 6.39. The molecular weight excluding hydrogens is 320 g/mol. The van der Waals surface area contributed by atoms with E-state index in [9.17, 15) is 5.11 Å². The van der Waals surface area contributed by atoms with Gasteiger partial charge in [-0.25, -0.2) is 4.98 Å². The lowest BCUT2D eigenvalue weighted by atomic mass is 10.0. The molecule has 3 heteroatoms. The third-order valence-corrected chi connectivity index (χ3v) is 4.68. The highest BCUT2D eigenvalue weighted by Gasteiger charge is 2.09. The Morgan fingerprint density at radius 1 is 0.692 bits per heavy atom. The first-order valence-corrected chi connectivity index (χ1v) is 8.55. The Morgan fingerprint density at radius 3 is 2.35 bits per heavy atom. The van der Waals surface area contributed by atoms with E-state index >= 15 is 0 Å². The van der Waals surface area contributed by atoms with Gasteiger partial charge in [-0.1, -0.05) is 42.5 Å². The van der Waals surface area contributed by atoms with Gasteiger partial charge < -0.3 is 10.4 Å². The summed E-state index contributed by atoms with van der Waals surface area (Å²) >= 11 is 0. The van der Waals surface area contributed by atoms with Crippen LogP contribution in [-0.2, 0) is 0 Å². The van der Waals surface area contributed by atoms with Crippen molar-refractivity contribution in [2.24, 2.45) is 0 Å². The highest BCUT2D eigenvalue weighted by molar-refractivity contribution is 6.14. The van der Waals surface area contributed by atoms with Gasteiger partial charge in [0.05, 0.1) is 11.0 Å². The quantitative estimate of drug-likeness (QED) is 0.236. The van der Waals surface area contributed by atoms with Crippen molar-refractivity contribution in [3.8, 4) is 5.75 Å². The smallest absolute Gasteiger partial charge is 0.115 e. The molecular formula is C23H16N2O. The molecule has 0 fully saturated rings. The first kappa shape index (κ1) is 14.7. The third kappa shape index (κ3) is 2.42. The molecule has 1 heterocycles. The average Bonchev–Trinajstić information content (AvgIpc) is 2.68. The molecule has 5 rings (SSSR count). The summed E-state index contributed by atoms with van der Waals surface area (Å²) in [5, 5.41) is 17.5. The van der Waals surface area contributed by atoms with Crippen molar-refractivity contribution >= 4 is 44.0 Å². The molecule has 0 aliphatic carbocycles. The average molecular weight is 336 g/mol. The molecule has 26 heavy (non-hydrogen) atoms. The van der Waals surface area contributed by atoms with E-state index in [-0.39, 0.29) is 5.75 Å². The molecule has 5 aromatic rings. The minimum atomic E-state index is 0.257. The van der Waals surface area contributed by atoms with Gasteiger partial charge in [-0.2, -0.15) is 0 Å². The van der Waals surface area contributed by atoms with Gasteiger partial charge >= 0.3 is 0 Å². The molecule has 0 unspecified atom stereocenters. The maximum atomic E-state index is 9.50. The van der Waals surface area contributed by atoms with Crippen molar-refractivity contribution < 1.29 is 5.11 Å². The zero-order valence-electron chi connectivity index (χ0n) is 14.0. The van der Waals surface area contributed by atoms with Crippen molar-refractivity contribution in [3.63, 3.8) is 0 Å². The van der Waals surface area contributed by atoms with Gasteiger partial charge in [0.2, 0.25) is 0 Å². The molecule has 0 saturated carbocycles. The maximum Gasteiger partial charge on any atom is 0.115 e. The highest BCUT2D eigenvalue weighted by atomic mass is 16.3. The Balaban J connectivity index is 1.78. The van der Waals surface area contributed by atoms with Gasteiger partial charge in [0.1, 0.15) is 5.75 Å². The monoisotopic (exact) mass is 336 g/mol. The number of anilines is 2. The normalized spacial score (nSPS) is 11.2. The lowest BCUT2D eigenvalue weighted by Crippen LogP contribution is -1.93. The summed E-state index contributed by atoms with van der Waals surface area (Å²) in [4.78, 5) is 4.94. The number of nitrogens with zero attached hydrogens (tertiary/aromatic N) is 1. The number of fused-ring (bicyclic) bond motifs is 4. The number of aromatic hydroxyl groups is 1. The van der Waals surface area contributed by atoms with Crippen LogP contribution in [0, 0.1) is 0 Å². The predicted octanol–water partition coefficient (Wildman–Crippen LogP) is 5.99. The number of hydrogen-bond donors (Lipinski definition) is 2. The number of pyridine rings is 1. The Morgan fingerprint density at radius 2 is 1.46 bits per heavy atom. The second-order valence-electron chi connectivity index (χ2n) is 6.39. The number of nitrogens with one attached hydrogen (secondary N) is 1. The summed E-state index contributed by atoms with van der Waals surface area (Å²) in [5.41, 5.74) is 3.91. The first-order chi connectivity index (χ1) is 12.8. The van der Waals surface area contributed by atoms with E-state index in [0.717, 1.165) is 44.0 Å². The second kappa shape index (κ2) is 5.74. The number of benzene rings is 4. The SMILES string of the molecule is Oc1ccc(Nc2cccc3ccc4cc5ccccc5nc4c23)cc1. The van der Waals surface area contributed by atoms with Gasteiger partial charge in [-0.3, -0.25) is 0 Å². The highest BCUT2D eigenvalue weighted by Crippen LogP contribution is 2.33. The molecule has 0 radical (unpaired) electrons. The molecule has 3 nitrogen and oxygen atoms in total. The van der Waals surface area contributed by atoms with Crippen LogP contribution >= 0.6 is 0 Å². The van der Waals surface area contributed by atoms with Crippen molar-refractivity contribution in [2.45, 2.75) is 0 Å². The van der Waals surface area contributed by atoms with Crippen LogP contribution in [0.5, 0.6) is 5.75 Å². The zero-order chi connectivity index (χ0) is 17.5. The van der Waals surface area contributed by atoms with Crippen LogP contribution in [0.2, 0.25) is 0 Å². The molecule has 0 atom stereocenters. The van der Waals surface area contributed by atoms with E-state index in [4.69, 9.17) is 4.98 Å². The molecule has 0 amide bonds. The van der Waals surface area contributed by atoms with Crippen LogP contribution in [0.25, 0.3) is 32.6 Å². The predicted molar refractivity (Wildman–Crippen MR) is 108 cm³/mol. The third-order valence-electron chi connectivity index (χ3n) is 4.68. The number of hydrogen-bond acceptors (Lipinski definition) is 3. The summed E-state index contributed by atoms with van der Waals surface area (Å²) in [6.07, 6.45) is 0. The van der Waals surface area contributed by atoms with E-state index in [1.807, 2.05) is 36.4 Å². The Kier molecular flexibility index (Phi) is 3.25. The summed E-state index contributed by atoms with van der Waals surface area (Å²) in [5.74, 6) is 0.257. The van der Waals surface area contributed by atoms with Crippen LogP contribution in [0.4, 0.5) is 11.4 Å². The number of phenols is 1. The summed E-state index contributed by atoms with van der Waals surface area (Å²) in [6, 6.07) is 27.9. The lowest BCUT2D eigenvalue weighted by molar-refractivity contribution is 0.475. The van der Waals surface area contributed by atoms with Gasteiger partial charge in [0.15, 0.2) is 0 Å². The van der Waals surface area contributed by atoms with E-state index < -0.39 is 0 Å². The minimum absolute atomic E-state index is 0.257. The van der Waals surface area contributed by atoms with Crippen molar-refractivity contribution in [1.82, 2.24) is 4.98 Å². The lowest BCUT2D eigenvalue weighted by Gasteiger charge is -2.12. The molecule has 1 aromatic heterocycles. The van der Waals surface area contributed by atoms with Gasteiger partial charge in [0.25, 0.3) is 0 Å². The van der Waals surface area contributed by atoms with Crippen LogP contribution < -0.4 is 5.32 Å². The van der Waals surface area contributed by atoms with Crippen LogP contribution in [0.3, 0.4) is 0 Å². The van der Waals surface area contributed by atoms with Crippen LogP contribution in [0.15, 0.2) is 84.9 Å². The van der Waals surface area contributed by atoms with Gasteiger partial charge in [-0.15, -0.1) is 0 Å². The fourth-order valence-electron chi connectivity index (χ4n) is 3.42. The Bertz CT molecular complexity index is 1260. The summed E-state index contributed by atoms with van der Waals surface area (Å²) < 4.78 is 0. The van der Waals surface area contributed by atoms with Crippen molar-refractivity contribution in [3.05, 3.63) is 84.9 Å². The largest absolute Gasteiger partial charge is 0.508 e. The van der Waals surface area contributed by atoms with Crippen molar-refractivity contribution in [1.29, 1.82) is 0 Å².